The van der Waals surface area contributed by atoms with Crippen LogP contribution in [0.5, 0.6) is 0 Å². The Morgan fingerprint density at radius 2 is 1.90 bits per heavy atom. The van der Waals surface area contributed by atoms with Crippen molar-refractivity contribution in [3.05, 3.63) is 57.3 Å². The lowest BCUT2D eigenvalue weighted by Gasteiger charge is -2.20. The van der Waals surface area contributed by atoms with E-state index in [2.05, 4.69) is 61.8 Å². The van der Waals surface area contributed by atoms with Gasteiger partial charge in [0.25, 0.3) is 0 Å². The fraction of sp³-hybridized carbons (Fsp3) is 0.444. The van der Waals surface area contributed by atoms with Crippen LogP contribution < -0.4 is 5.32 Å². The number of thiophene rings is 1. The third-order valence-corrected chi connectivity index (χ3v) is 4.48. The monoisotopic (exact) mass is 287 g/mol. The van der Waals surface area contributed by atoms with Crippen molar-refractivity contribution >= 4 is 11.3 Å². The van der Waals surface area contributed by atoms with Crippen molar-refractivity contribution in [1.82, 2.24) is 5.32 Å². The third-order valence-electron chi connectivity index (χ3n) is 3.55. The fourth-order valence-electron chi connectivity index (χ4n) is 2.66. The maximum atomic E-state index is 3.71. The zero-order valence-electron chi connectivity index (χ0n) is 12.8. The summed E-state index contributed by atoms with van der Waals surface area (Å²) >= 11 is 1.86. The highest BCUT2D eigenvalue weighted by Crippen LogP contribution is 2.23. The maximum absolute atomic E-state index is 3.71. The van der Waals surface area contributed by atoms with Crippen LogP contribution in [0.4, 0.5) is 0 Å². The Labute approximate surface area is 127 Å². The average Bonchev–Trinajstić information content (AvgIpc) is 2.91. The molecule has 1 heterocycles. The van der Waals surface area contributed by atoms with E-state index in [9.17, 15) is 0 Å². The molecule has 1 nitrogen and oxygen atoms in total. The lowest BCUT2D eigenvalue weighted by Crippen LogP contribution is -2.22. The van der Waals surface area contributed by atoms with Gasteiger partial charge in [-0.25, -0.2) is 0 Å². The molecule has 0 aliphatic carbocycles. The number of nitrogens with one attached hydrogen (secondary N) is 1. The molecule has 0 fully saturated rings. The zero-order valence-corrected chi connectivity index (χ0v) is 13.6. The van der Waals surface area contributed by atoms with Gasteiger partial charge in [-0.3, -0.25) is 0 Å². The van der Waals surface area contributed by atoms with E-state index >= 15 is 0 Å². The molecule has 1 aromatic carbocycles. The van der Waals surface area contributed by atoms with Crippen molar-refractivity contribution in [2.24, 2.45) is 0 Å². The van der Waals surface area contributed by atoms with E-state index in [1.54, 1.807) is 0 Å². The first-order valence-electron chi connectivity index (χ1n) is 7.53. The molecular formula is C18H25NS. The molecule has 0 spiro atoms. The van der Waals surface area contributed by atoms with E-state index in [4.69, 9.17) is 0 Å². The Bertz CT molecular complexity index is 496. The van der Waals surface area contributed by atoms with E-state index in [0.717, 1.165) is 13.0 Å². The minimum atomic E-state index is 0.468. The van der Waals surface area contributed by atoms with Gasteiger partial charge in [-0.1, -0.05) is 42.3 Å². The van der Waals surface area contributed by atoms with Crippen molar-refractivity contribution in [3.63, 3.8) is 0 Å². The molecule has 0 aliphatic heterocycles. The fourth-order valence-corrected chi connectivity index (χ4v) is 3.38. The molecule has 20 heavy (non-hydrogen) atoms. The summed E-state index contributed by atoms with van der Waals surface area (Å²) in [6.45, 7) is 7.69. The van der Waals surface area contributed by atoms with Crippen LogP contribution >= 0.6 is 11.3 Å². The number of hydrogen-bond acceptors (Lipinski definition) is 2. The predicted molar refractivity (Wildman–Crippen MR) is 89.6 cm³/mol. The molecule has 0 saturated heterocycles. The van der Waals surface area contributed by atoms with Gasteiger partial charge in [-0.05, 0) is 56.7 Å². The quantitative estimate of drug-likeness (QED) is 0.752. The Morgan fingerprint density at radius 3 is 2.50 bits per heavy atom. The lowest BCUT2D eigenvalue weighted by molar-refractivity contribution is 0.500. The lowest BCUT2D eigenvalue weighted by atomic mass is 9.97. The van der Waals surface area contributed by atoms with E-state index in [1.165, 1.54) is 34.4 Å². The normalized spacial score (nSPS) is 12.6. The summed E-state index contributed by atoms with van der Waals surface area (Å²) < 4.78 is 0. The highest BCUT2D eigenvalue weighted by molar-refractivity contribution is 7.09. The SMILES string of the molecule is CCCNC(CCc1cccs1)c1cc(C)cc(C)c1. The summed E-state index contributed by atoms with van der Waals surface area (Å²) in [5, 5.41) is 5.87. The van der Waals surface area contributed by atoms with Gasteiger partial charge in [-0.15, -0.1) is 11.3 Å². The van der Waals surface area contributed by atoms with Crippen LogP contribution in [0.25, 0.3) is 0 Å². The highest BCUT2D eigenvalue weighted by Gasteiger charge is 2.12. The van der Waals surface area contributed by atoms with Gasteiger partial charge in [0.1, 0.15) is 0 Å². The van der Waals surface area contributed by atoms with Gasteiger partial charge in [0.15, 0.2) is 0 Å². The summed E-state index contributed by atoms with van der Waals surface area (Å²) in [5.74, 6) is 0. The van der Waals surface area contributed by atoms with Crippen LogP contribution in [0.2, 0.25) is 0 Å². The second-order valence-electron chi connectivity index (χ2n) is 5.55. The molecule has 108 valence electrons. The largest absolute Gasteiger partial charge is 0.310 e. The van der Waals surface area contributed by atoms with Crippen molar-refractivity contribution < 1.29 is 0 Å². The molecule has 1 N–H and O–H groups in total. The molecule has 0 aliphatic rings. The number of hydrogen-bond donors (Lipinski definition) is 1. The van der Waals surface area contributed by atoms with Crippen molar-refractivity contribution in [2.45, 2.75) is 46.1 Å². The van der Waals surface area contributed by atoms with Crippen LogP contribution in [0.1, 0.15) is 47.4 Å². The smallest absolute Gasteiger partial charge is 0.0323 e. The Hall–Kier alpha value is -1.12. The van der Waals surface area contributed by atoms with Crippen LogP contribution in [0, 0.1) is 13.8 Å². The Balaban J connectivity index is 2.09. The van der Waals surface area contributed by atoms with Gasteiger partial charge in [0.05, 0.1) is 0 Å². The first kappa shape index (κ1) is 15.3. The molecule has 0 amide bonds. The van der Waals surface area contributed by atoms with Gasteiger partial charge < -0.3 is 5.32 Å². The van der Waals surface area contributed by atoms with Gasteiger partial charge in [0.2, 0.25) is 0 Å². The summed E-state index contributed by atoms with van der Waals surface area (Å²) in [6, 6.07) is 11.8. The van der Waals surface area contributed by atoms with Crippen LogP contribution in [-0.4, -0.2) is 6.54 Å². The molecule has 0 saturated carbocycles. The van der Waals surface area contributed by atoms with Crippen molar-refractivity contribution in [3.8, 4) is 0 Å². The third kappa shape index (κ3) is 4.46. The molecule has 0 bridgehead atoms. The number of aryl methyl sites for hydroxylation is 3. The molecule has 2 rings (SSSR count). The van der Waals surface area contributed by atoms with E-state index in [-0.39, 0.29) is 0 Å². The molecule has 1 aromatic heterocycles. The minimum absolute atomic E-state index is 0.468. The summed E-state index contributed by atoms with van der Waals surface area (Å²) in [4.78, 5) is 1.48. The summed E-state index contributed by atoms with van der Waals surface area (Å²) in [5.41, 5.74) is 4.16. The standard InChI is InChI=1S/C18H25NS/c1-4-9-19-18(8-7-17-6-5-10-20-17)16-12-14(2)11-15(3)13-16/h5-6,10-13,18-19H,4,7-9H2,1-3H3. The van der Waals surface area contributed by atoms with Gasteiger partial charge >= 0.3 is 0 Å². The molecule has 1 atom stereocenters. The first-order chi connectivity index (χ1) is 9.69. The Kier molecular flexibility index (Phi) is 5.81. The highest BCUT2D eigenvalue weighted by atomic mass is 32.1. The molecular weight excluding hydrogens is 262 g/mol. The van der Waals surface area contributed by atoms with Gasteiger partial charge in [-0.2, -0.15) is 0 Å². The van der Waals surface area contributed by atoms with Gasteiger partial charge in [0, 0.05) is 10.9 Å². The predicted octanol–water partition coefficient (Wildman–Crippen LogP) is 5.04. The molecule has 2 heteroatoms. The molecule has 0 radical (unpaired) electrons. The second kappa shape index (κ2) is 7.61. The zero-order chi connectivity index (χ0) is 14.4. The first-order valence-corrected chi connectivity index (χ1v) is 8.41. The van der Waals surface area contributed by atoms with Crippen molar-refractivity contribution in [2.75, 3.05) is 6.54 Å². The van der Waals surface area contributed by atoms with Crippen molar-refractivity contribution in [1.29, 1.82) is 0 Å². The number of rotatable bonds is 7. The summed E-state index contributed by atoms with van der Waals surface area (Å²) in [7, 11) is 0. The number of benzene rings is 1. The summed E-state index contributed by atoms with van der Waals surface area (Å²) in [6.07, 6.45) is 3.51. The van der Waals surface area contributed by atoms with Crippen LogP contribution in [0.3, 0.4) is 0 Å². The molecule has 2 aromatic rings. The van der Waals surface area contributed by atoms with E-state index < -0.39 is 0 Å². The average molecular weight is 287 g/mol. The van der Waals surface area contributed by atoms with Crippen LogP contribution in [0.15, 0.2) is 35.7 Å². The maximum Gasteiger partial charge on any atom is 0.0323 e. The van der Waals surface area contributed by atoms with E-state index in [1.807, 2.05) is 11.3 Å². The topological polar surface area (TPSA) is 12.0 Å². The second-order valence-corrected chi connectivity index (χ2v) is 6.58. The van der Waals surface area contributed by atoms with Crippen LogP contribution in [-0.2, 0) is 6.42 Å². The van der Waals surface area contributed by atoms with E-state index in [0.29, 0.717) is 6.04 Å². The minimum Gasteiger partial charge on any atom is -0.310 e. The Morgan fingerprint density at radius 1 is 1.15 bits per heavy atom. The molecule has 1 unspecified atom stereocenters.